The normalized spacial score (nSPS) is 14.1. The molecule has 194 valence electrons. The summed E-state index contributed by atoms with van der Waals surface area (Å²) in [7, 11) is -4.09. The maximum Gasteiger partial charge on any atom is 0.264 e. The van der Waals surface area contributed by atoms with Crippen LogP contribution < -0.4 is 9.62 Å². The van der Waals surface area contributed by atoms with Crippen molar-refractivity contribution in [3.05, 3.63) is 88.9 Å². The fourth-order valence-electron chi connectivity index (χ4n) is 4.43. The van der Waals surface area contributed by atoms with Crippen molar-refractivity contribution in [3.8, 4) is 0 Å². The third-order valence-corrected chi connectivity index (χ3v) is 8.63. The van der Waals surface area contributed by atoms with Crippen LogP contribution >= 0.6 is 11.6 Å². The monoisotopic (exact) mass is 539 g/mol. The van der Waals surface area contributed by atoms with Crippen LogP contribution in [0.3, 0.4) is 0 Å². The van der Waals surface area contributed by atoms with Crippen molar-refractivity contribution in [2.24, 2.45) is 0 Å². The predicted molar refractivity (Wildman–Crippen MR) is 147 cm³/mol. The molecule has 2 amide bonds. The number of halogens is 1. The minimum absolute atomic E-state index is 0.0546. The Bertz CT molecular complexity index is 1370. The highest BCUT2D eigenvalue weighted by Crippen LogP contribution is 2.31. The van der Waals surface area contributed by atoms with Crippen molar-refractivity contribution in [1.29, 1.82) is 0 Å². The number of benzene rings is 3. The second kappa shape index (κ2) is 11.8. The lowest BCUT2D eigenvalue weighted by Gasteiger charge is -2.26. The molecule has 0 spiro atoms. The minimum Gasteiger partial charge on any atom is -0.339 e. The van der Waals surface area contributed by atoms with Gasteiger partial charge in [0.1, 0.15) is 6.54 Å². The van der Waals surface area contributed by atoms with E-state index in [0.29, 0.717) is 40.6 Å². The van der Waals surface area contributed by atoms with Crippen molar-refractivity contribution in [2.75, 3.05) is 29.3 Å². The fraction of sp³-hybridized carbons (Fsp3) is 0.286. The third-order valence-electron chi connectivity index (χ3n) is 6.45. The second-order valence-corrected chi connectivity index (χ2v) is 11.3. The van der Waals surface area contributed by atoms with Crippen LogP contribution in [0, 0.1) is 6.92 Å². The van der Waals surface area contributed by atoms with Crippen molar-refractivity contribution >= 4 is 44.8 Å². The number of nitrogens with one attached hydrogen (secondary N) is 1. The van der Waals surface area contributed by atoms with Crippen LogP contribution in [0.4, 0.5) is 11.4 Å². The molecule has 0 aliphatic carbocycles. The molecule has 1 aliphatic heterocycles. The zero-order valence-electron chi connectivity index (χ0n) is 20.7. The lowest BCUT2D eigenvalue weighted by molar-refractivity contribution is -0.114. The standard InChI is InChI=1S/C28H30ClN3O4S/c1-21-24(29)15-11-17-26(21)32(37(35,36)22-12-5-4-6-13-22)20-27(33)30-25-16-8-7-14-23(25)28(34)31-18-9-2-3-10-19-31/h4-8,11-17H,2-3,9-10,18-20H2,1H3,(H,30,33). The van der Waals surface area contributed by atoms with Gasteiger partial charge in [0.2, 0.25) is 5.91 Å². The molecule has 1 aliphatic rings. The number of amides is 2. The van der Waals surface area contributed by atoms with E-state index >= 15 is 0 Å². The first kappa shape index (κ1) is 26.7. The van der Waals surface area contributed by atoms with Crippen molar-refractivity contribution < 1.29 is 18.0 Å². The molecule has 37 heavy (non-hydrogen) atoms. The van der Waals surface area contributed by atoms with Crippen molar-refractivity contribution in [2.45, 2.75) is 37.5 Å². The number of hydrogen-bond acceptors (Lipinski definition) is 4. The van der Waals surface area contributed by atoms with Crippen molar-refractivity contribution in [1.82, 2.24) is 4.90 Å². The lowest BCUT2D eigenvalue weighted by atomic mass is 10.1. The smallest absolute Gasteiger partial charge is 0.264 e. The molecule has 0 aromatic heterocycles. The second-order valence-electron chi connectivity index (χ2n) is 9.01. The van der Waals surface area contributed by atoms with Gasteiger partial charge in [-0.1, -0.05) is 60.8 Å². The molecule has 1 heterocycles. The predicted octanol–water partition coefficient (Wildman–Crippen LogP) is 5.50. The molecule has 1 saturated heterocycles. The van der Waals surface area contributed by atoms with E-state index in [1.54, 1.807) is 67.6 Å². The summed E-state index contributed by atoms with van der Waals surface area (Å²) in [6.45, 7) is 2.57. The number of nitrogens with zero attached hydrogens (tertiary/aromatic N) is 2. The number of likely N-dealkylation sites (tertiary alicyclic amines) is 1. The SMILES string of the molecule is Cc1c(Cl)cccc1N(CC(=O)Nc1ccccc1C(=O)N1CCCCCC1)S(=O)(=O)c1ccccc1. The van der Waals surface area contributed by atoms with E-state index in [9.17, 15) is 18.0 Å². The highest BCUT2D eigenvalue weighted by atomic mass is 35.5. The summed E-state index contributed by atoms with van der Waals surface area (Å²) in [4.78, 5) is 28.5. The molecule has 0 unspecified atom stereocenters. The molecule has 4 rings (SSSR count). The number of carbonyl (C=O) groups excluding carboxylic acids is 2. The van der Waals surface area contributed by atoms with Gasteiger partial charge in [0, 0.05) is 18.1 Å². The van der Waals surface area contributed by atoms with Gasteiger partial charge in [0.25, 0.3) is 15.9 Å². The molecule has 7 nitrogen and oxygen atoms in total. The van der Waals surface area contributed by atoms with E-state index < -0.39 is 22.5 Å². The number of anilines is 2. The molecule has 3 aromatic carbocycles. The molecule has 0 bridgehead atoms. The molecule has 1 fully saturated rings. The summed E-state index contributed by atoms with van der Waals surface area (Å²) in [6, 6.07) is 19.7. The Morgan fingerprint density at radius 1 is 0.892 bits per heavy atom. The van der Waals surface area contributed by atoms with Gasteiger partial charge in [-0.25, -0.2) is 8.42 Å². The lowest BCUT2D eigenvalue weighted by Crippen LogP contribution is -2.39. The molecule has 1 N–H and O–H groups in total. The zero-order valence-corrected chi connectivity index (χ0v) is 22.3. The van der Waals surface area contributed by atoms with E-state index in [1.165, 1.54) is 12.1 Å². The number of sulfonamides is 1. The zero-order chi connectivity index (χ0) is 26.4. The quantitative estimate of drug-likeness (QED) is 0.429. The van der Waals surface area contributed by atoms with Gasteiger partial charge >= 0.3 is 0 Å². The summed E-state index contributed by atoms with van der Waals surface area (Å²) < 4.78 is 28.3. The van der Waals surface area contributed by atoms with E-state index in [-0.39, 0.29) is 10.8 Å². The van der Waals surface area contributed by atoms with Crippen molar-refractivity contribution in [3.63, 3.8) is 0 Å². The van der Waals surface area contributed by atoms with Gasteiger partial charge in [-0.05, 0) is 61.7 Å². The molecule has 3 aromatic rings. The number of carbonyl (C=O) groups is 2. The average Bonchev–Trinajstić information content (AvgIpc) is 3.19. The first-order valence-electron chi connectivity index (χ1n) is 12.3. The van der Waals surface area contributed by atoms with Crippen LogP contribution in [-0.4, -0.2) is 44.8 Å². The Morgan fingerprint density at radius 3 is 2.24 bits per heavy atom. The molecule has 9 heteroatoms. The van der Waals surface area contributed by atoms with Crippen LogP contribution in [0.1, 0.15) is 41.6 Å². The minimum atomic E-state index is -4.09. The molecule has 0 atom stereocenters. The average molecular weight is 540 g/mol. The summed E-state index contributed by atoms with van der Waals surface area (Å²) >= 11 is 6.30. The van der Waals surface area contributed by atoms with E-state index in [0.717, 1.165) is 30.0 Å². The highest BCUT2D eigenvalue weighted by molar-refractivity contribution is 7.92. The summed E-state index contributed by atoms with van der Waals surface area (Å²) in [5.41, 5.74) is 1.57. The number of para-hydroxylation sites is 1. The van der Waals surface area contributed by atoms with Crippen LogP contribution in [0.15, 0.2) is 77.7 Å². The Balaban J connectivity index is 1.63. The van der Waals surface area contributed by atoms with Gasteiger partial charge in [0.15, 0.2) is 0 Å². The Kier molecular flexibility index (Phi) is 8.51. The highest BCUT2D eigenvalue weighted by Gasteiger charge is 2.29. The van der Waals surface area contributed by atoms with Crippen LogP contribution in [0.25, 0.3) is 0 Å². The molecular formula is C28H30ClN3O4S. The Labute approximate surface area is 223 Å². The van der Waals surface area contributed by atoms with Gasteiger partial charge in [0.05, 0.1) is 21.8 Å². The van der Waals surface area contributed by atoms with Crippen LogP contribution in [0.2, 0.25) is 5.02 Å². The van der Waals surface area contributed by atoms with E-state index in [1.807, 2.05) is 4.90 Å². The number of hydrogen-bond donors (Lipinski definition) is 1. The first-order chi connectivity index (χ1) is 17.8. The number of rotatable bonds is 7. The molecular weight excluding hydrogens is 510 g/mol. The Morgan fingerprint density at radius 2 is 1.54 bits per heavy atom. The maximum atomic E-state index is 13.6. The fourth-order valence-corrected chi connectivity index (χ4v) is 6.10. The van der Waals surface area contributed by atoms with Gasteiger partial charge < -0.3 is 10.2 Å². The van der Waals surface area contributed by atoms with Gasteiger partial charge in [-0.3, -0.25) is 13.9 Å². The summed E-state index contributed by atoms with van der Waals surface area (Å²) in [6.07, 6.45) is 4.09. The third kappa shape index (κ3) is 6.14. The Hall–Kier alpha value is -3.36. The largest absolute Gasteiger partial charge is 0.339 e. The van der Waals surface area contributed by atoms with E-state index in [2.05, 4.69) is 5.32 Å². The van der Waals surface area contributed by atoms with Gasteiger partial charge in [-0.2, -0.15) is 0 Å². The molecule has 0 radical (unpaired) electrons. The topological polar surface area (TPSA) is 86.8 Å². The van der Waals surface area contributed by atoms with Gasteiger partial charge in [-0.15, -0.1) is 0 Å². The summed E-state index contributed by atoms with van der Waals surface area (Å²) in [5.74, 6) is -0.716. The van der Waals surface area contributed by atoms with Crippen LogP contribution in [-0.2, 0) is 14.8 Å². The maximum absolute atomic E-state index is 13.6. The van der Waals surface area contributed by atoms with Crippen LogP contribution in [0.5, 0.6) is 0 Å². The van der Waals surface area contributed by atoms with E-state index in [4.69, 9.17) is 11.6 Å². The first-order valence-corrected chi connectivity index (χ1v) is 14.1. The molecule has 0 saturated carbocycles. The summed E-state index contributed by atoms with van der Waals surface area (Å²) in [5, 5.41) is 3.17.